The van der Waals surface area contributed by atoms with Crippen molar-refractivity contribution in [2.45, 2.75) is 149 Å². The van der Waals surface area contributed by atoms with E-state index in [2.05, 4.69) is 32.9 Å². The van der Waals surface area contributed by atoms with E-state index >= 15 is 0 Å². The molecule has 0 aliphatic carbocycles. The number of pyridine rings is 1. The second-order valence-corrected chi connectivity index (χ2v) is 12.2. The zero-order valence-corrected chi connectivity index (χ0v) is 26.0. The van der Waals surface area contributed by atoms with E-state index in [1.54, 1.807) is 0 Å². The van der Waals surface area contributed by atoms with Gasteiger partial charge in [0, 0.05) is 36.6 Å². The molecular formula is C33H59N2O4+. The summed E-state index contributed by atoms with van der Waals surface area (Å²) >= 11 is 0. The highest BCUT2D eigenvalue weighted by atomic mass is 16.7. The topological polar surface area (TPSA) is 57.7 Å². The van der Waals surface area contributed by atoms with Crippen LogP contribution < -0.4 is 4.74 Å². The van der Waals surface area contributed by atoms with Crippen LogP contribution in [0.25, 0.3) is 0 Å². The number of hydrogen-bond donors (Lipinski definition) is 0. The molecule has 0 N–H and O–H groups in total. The molecule has 39 heavy (non-hydrogen) atoms. The first-order chi connectivity index (χ1) is 18.9. The molecule has 1 aliphatic heterocycles. The predicted molar refractivity (Wildman–Crippen MR) is 160 cm³/mol. The van der Waals surface area contributed by atoms with Crippen molar-refractivity contribution in [3.8, 4) is 5.75 Å². The maximum absolute atomic E-state index is 12.2. The average molecular weight is 548 g/mol. The van der Waals surface area contributed by atoms with Crippen molar-refractivity contribution in [1.82, 2.24) is 4.98 Å². The van der Waals surface area contributed by atoms with Crippen LogP contribution in [-0.2, 0) is 27.4 Å². The van der Waals surface area contributed by atoms with E-state index in [0.717, 1.165) is 66.7 Å². The molecule has 1 aromatic rings. The summed E-state index contributed by atoms with van der Waals surface area (Å²) in [6.45, 7) is 9.34. The predicted octanol–water partition coefficient (Wildman–Crippen LogP) is 8.42. The number of unbranched alkanes of at least 4 members (excludes halogenated alkanes) is 12. The molecule has 1 atom stereocenters. The first-order valence-corrected chi connectivity index (χ1v) is 16.1. The van der Waals surface area contributed by atoms with Gasteiger partial charge in [-0.05, 0) is 19.8 Å². The molecule has 0 radical (unpaired) electrons. The van der Waals surface area contributed by atoms with E-state index in [1.807, 2.05) is 13.1 Å². The first kappa shape index (κ1) is 33.5. The fraction of sp³-hybridized carbons (Fsp3) is 0.818. The molecule has 224 valence electrons. The molecule has 0 aromatic carbocycles. The van der Waals surface area contributed by atoms with Gasteiger partial charge in [-0.1, -0.05) is 90.9 Å². The Bertz CT molecular complexity index is 811. The number of carbonyl (C=O) groups is 1. The molecular weight excluding hydrogens is 488 g/mol. The third-order valence-corrected chi connectivity index (χ3v) is 7.86. The molecule has 0 bridgehead atoms. The van der Waals surface area contributed by atoms with Gasteiger partial charge in [0.2, 0.25) is 0 Å². The molecule has 0 spiro atoms. The number of fused-ring (bicyclic) bond motifs is 1. The average Bonchev–Trinajstić information content (AvgIpc) is 2.91. The third kappa shape index (κ3) is 14.0. The van der Waals surface area contributed by atoms with E-state index in [1.165, 1.54) is 76.2 Å². The maximum atomic E-state index is 12.2. The summed E-state index contributed by atoms with van der Waals surface area (Å²) in [5.74, 6) is 0.868. The minimum Gasteiger partial charge on any atom is -0.465 e. The Morgan fingerprint density at radius 2 is 1.54 bits per heavy atom. The van der Waals surface area contributed by atoms with Crippen LogP contribution in [0.5, 0.6) is 5.75 Å². The Morgan fingerprint density at radius 3 is 2.21 bits per heavy atom. The molecule has 0 saturated heterocycles. The van der Waals surface area contributed by atoms with Crippen LogP contribution in [0, 0.1) is 6.92 Å². The van der Waals surface area contributed by atoms with Crippen LogP contribution in [-0.4, -0.2) is 49.0 Å². The van der Waals surface area contributed by atoms with Crippen LogP contribution in [0.1, 0.15) is 140 Å². The number of quaternary nitrogens is 1. The van der Waals surface area contributed by atoms with Gasteiger partial charge in [-0.2, -0.15) is 0 Å². The van der Waals surface area contributed by atoms with Crippen molar-refractivity contribution in [2.24, 2.45) is 0 Å². The van der Waals surface area contributed by atoms with Gasteiger partial charge in [0.15, 0.2) is 6.29 Å². The number of aryl methyl sites for hydroxylation is 1. The van der Waals surface area contributed by atoms with E-state index in [0.29, 0.717) is 19.6 Å². The quantitative estimate of drug-likeness (QED) is 0.0828. The number of aromatic nitrogens is 1. The zero-order chi connectivity index (χ0) is 28.3. The van der Waals surface area contributed by atoms with Gasteiger partial charge in [-0.25, -0.2) is 0 Å². The second-order valence-electron chi connectivity index (χ2n) is 12.2. The van der Waals surface area contributed by atoms with Gasteiger partial charge in [-0.3, -0.25) is 9.78 Å². The van der Waals surface area contributed by atoms with Crippen molar-refractivity contribution in [3.05, 3.63) is 23.0 Å². The van der Waals surface area contributed by atoms with E-state index in [9.17, 15) is 4.79 Å². The van der Waals surface area contributed by atoms with Crippen molar-refractivity contribution in [1.29, 1.82) is 0 Å². The fourth-order valence-electron chi connectivity index (χ4n) is 5.40. The van der Waals surface area contributed by atoms with Crippen LogP contribution in [0.4, 0.5) is 0 Å². The number of rotatable bonds is 22. The normalized spacial score (nSPS) is 15.2. The van der Waals surface area contributed by atoms with Gasteiger partial charge in [0.05, 0.1) is 39.5 Å². The van der Waals surface area contributed by atoms with Crippen LogP contribution in [0.2, 0.25) is 0 Å². The highest BCUT2D eigenvalue weighted by Crippen LogP contribution is 2.33. The smallest absolute Gasteiger partial charge is 0.305 e. The summed E-state index contributed by atoms with van der Waals surface area (Å²) in [6, 6.07) is 0. The molecule has 2 rings (SSSR count). The maximum Gasteiger partial charge on any atom is 0.305 e. The van der Waals surface area contributed by atoms with Crippen molar-refractivity contribution < 1.29 is 23.5 Å². The van der Waals surface area contributed by atoms with E-state index in [4.69, 9.17) is 14.2 Å². The molecule has 1 aromatic heterocycles. The Morgan fingerprint density at radius 1 is 0.923 bits per heavy atom. The Hall–Kier alpha value is -1.66. The van der Waals surface area contributed by atoms with Crippen molar-refractivity contribution in [2.75, 3.05) is 27.2 Å². The fourth-order valence-corrected chi connectivity index (χ4v) is 5.40. The van der Waals surface area contributed by atoms with E-state index in [-0.39, 0.29) is 12.3 Å². The summed E-state index contributed by atoms with van der Waals surface area (Å²) in [6.07, 6.45) is 21.9. The SMILES string of the molecule is CCCCCCCCCCCCCC(=O)OCCC[N+](C)(C)Cc1cnc(C)c2c1COC(CCCCC)O2. The number of esters is 1. The Balaban J connectivity index is 1.60. The summed E-state index contributed by atoms with van der Waals surface area (Å²) in [5, 5.41) is 0. The number of carbonyl (C=O) groups excluding carboxylic acids is 1. The monoisotopic (exact) mass is 547 g/mol. The number of nitrogens with zero attached hydrogens (tertiary/aromatic N) is 2. The van der Waals surface area contributed by atoms with E-state index < -0.39 is 0 Å². The Kier molecular flexibility index (Phi) is 16.7. The Labute approximate surface area is 239 Å². The summed E-state index contributed by atoms with van der Waals surface area (Å²) in [5.41, 5.74) is 3.26. The lowest BCUT2D eigenvalue weighted by Gasteiger charge is -2.33. The number of ether oxygens (including phenoxy) is 3. The minimum atomic E-state index is -0.165. The standard InChI is InChI=1S/C33H59N2O4/c1-6-8-10-11-12-13-14-15-16-17-19-21-31(36)37-24-20-23-35(4,5)26-29-25-34-28(3)33-30(29)27-38-32(39-33)22-18-9-7-2/h25,32H,6-24,26-27H2,1-5H3/q+1. The number of hydrogen-bond acceptors (Lipinski definition) is 5. The van der Waals surface area contributed by atoms with Crippen molar-refractivity contribution >= 4 is 5.97 Å². The molecule has 6 nitrogen and oxygen atoms in total. The highest BCUT2D eigenvalue weighted by molar-refractivity contribution is 5.69. The lowest BCUT2D eigenvalue weighted by Crippen LogP contribution is -2.40. The molecule has 1 unspecified atom stereocenters. The first-order valence-electron chi connectivity index (χ1n) is 16.1. The third-order valence-electron chi connectivity index (χ3n) is 7.86. The zero-order valence-electron chi connectivity index (χ0n) is 26.0. The molecule has 2 heterocycles. The van der Waals surface area contributed by atoms with Crippen molar-refractivity contribution in [3.63, 3.8) is 0 Å². The molecule has 0 fully saturated rings. The summed E-state index contributed by atoms with van der Waals surface area (Å²) < 4.78 is 18.6. The van der Waals surface area contributed by atoms with Crippen LogP contribution in [0.3, 0.4) is 0 Å². The van der Waals surface area contributed by atoms with Crippen LogP contribution >= 0.6 is 0 Å². The summed E-state index contributed by atoms with van der Waals surface area (Å²) in [7, 11) is 4.44. The highest BCUT2D eigenvalue weighted by Gasteiger charge is 2.27. The minimum absolute atomic E-state index is 0.0455. The van der Waals surface area contributed by atoms with Gasteiger partial charge >= 0.3 is 5.97 Å². The lowest BCUT2D eigenvalue weighted by atomic mass is 10.1. The molecule has 0 amide bonds. The molecule has 1 aliphatic rings. The lowest BCUT2D eigenvalue weighted by molar-refractivity contribution is -0.903. The van der Waals surface area contributed by atoms with Gasteiger partial charge in [0.1, 0.15) is 12.3 Å². The second kappa shape index (κ2) is 19.4. The van der Waals surface area contributed by atoms with Crippen LogP contribution in [0.15, 0.2) is 6.20 Å². The van der Waals surface area contributed by atoms with Gasteiger partial charge in [0.25, 0.3) is 0 Å². The molecule has 6 heteroatoms. The molecule has 0 saturated carbocycles. The van der Waals surface area contributed by atoms with Gasteiger partial charge in [-0.15, -0.1) is 0 Å². The summed E-state index contributed by atoms with van der Waals surface area (Å²) in [4.78, 5) is 16.8. The van der Waals surface area contributed by atoms with Gasteiger partial charge < -0.3 is 18.7 Å². The largest absolute Gasteiger partial charge is 0.465 e.